The summed E-state index contributed by atoms with van der Waals surface area (Å²) >= 11 is 1.60. The molecule has 0 aromatic carbocycles. The molecular weight excluding hydrogens is 180 g/mol. The molecule has 0 fully saturated rings. The average Bonchev–Trinajstić information content (AvgIpc) is 2.56. The highest BCUT2D eigenvalue weighted by molar-refractivity contribution is 7.07. The molecule has 0 aliphatic heterocycles. The van der Waals surface area contributed by atoms with E-state index in [1.807, 2.05) is 30.1 Å². The molecule has 1 heterocycles. The fraction of sp³-hybridized carbons (Fsp3) is 0.400. The first kappa shape index (κ1) is 10.1. The highest BCUT2D eigenvalue weighted by Gasteiger charge is 2.01. The molecule has 3 heteroatoms. The van der Waals surface area contributed by atoms with Crippen molar-refractivity contribution in [2.75, 3.05) is 0 Å². The number of hydrogen-bond acceptors (Lipinski definition) is 3. The van der Waals surface area contributed by atoms with Gasteiger partial charge in [0, 0.05) is 17.3 Å². The first-order chi connectivity index (χ1) is 6.24. The second-order valence-corrected chi connectivity index (χ2v) is 3.74. The summed E-state index contributed by atoms with van der Waals surface area (Å²) in [6, 6.07) is 0. The Labute approximate surface area is 83.1 Å². The van der Waals surface area contributed by atoms with E-state index in [-0.39, 0.29) is 0 Å². The van der Waals surface area contributed by atoms with Gasteiger partial charge < -0.3 is 0 Å². The van der Waals surface area contributed by atoms with Gasteiger partial charge in [0.1, 0.15) is 0 Å². The van der Waals surface area contributed by atoms with Crippen LogP contribution in [0.2, 0.25) is 0 Å². The van der Waals surface area contributed by atoms with E-state index >= 15 is 0 Å². The van der Waals surface area contributed by atoms with Gasteiger partial charge in [-0.2, -0.15) is 0 Å². The van der Waals surface area contributed by atoms with Crippen molar-refractivity contribution in [1.82, 2.24) is 4.98 Å². The Bertz CT molecular complexity index is 297. The van der Waals surface area contributed by atoms with Crippen molar-refractivity contribution in [3.63, 3.8) is 0 Å². The number of hydrogen-bond donors (Lipinski definition) is 0. The lowest BCUT2D eigenvalue weighted by Gasteiger charge is -2.03. The third kappa shape index (κ3) is 3.11. The molecule has 0 atom stereocenters. The predicted molar refractivity (Wildman–Crippen MR) is 59.1 cm³/mol. The van der Waals surface area contributed by atoms with E-state index in [1.54, 1.807) is 11.3 Å². The first-order valence-electron chi connectivity index (χ1n) is 4.32. The minimum Gasteiger partial charge on any atom is -0.266 e. The molecule has 0 amide bonds. The van der Waals surface area contributed by atoms with Crippen LogP contribution in [0.1, 0.15) is 26.5 Å². The van der Waals surface area contributed by atoms with Gasteiger partial charge in [0.25, 0.3) is 0 Å². The van der Waals surface area contributed by atoms with Crippen molar-refractivity contribution in [1.29, 1.82) is 0 Å². The maximum atomic E-state index is 4.30. The molecule has 2 nitrogen and oxygen atoms in total. The second-order valence-electron chi connectivity index (χ2n) is 3.02. The van der Waals surface area contributed by atoms with Crippen molar-refractivity contribution in [2.24, 2.45) is 10.9 Å². The zero-order valence-electron chi connectivity index (χ0n) is 8.19. The molecule has 0 unspecified atom stereocenters. The van der Waals surface area contributed by atoms with E-state index in [0.717, 1.165) is 11.4 Å². The molecular formula is C10H14N2S. The summed E-state index contributed by atoms with van der Waals surface area (Å²) in [5.74, 6) is 0.442. The van der Waals surface area contributed by atoms with Crippen molar-refractivity contribution < 1.29 is 0 Å². The number of allylic oxidation sites excluding steroid dienone is 1. The number of rotatable bonds is 3. The highest BCUT2D eigenvalue weighted by atomic mass is 32.1. The minimum atomic E-state index is 0.442. The SMILES string of the molecule is C/C=N\C(=C/c1cscn1)C(C)C. The predicted octanol–water partition coefficient (Wildman–Crippen LogP) is 3.23. The molecule has 1 aromatic rings. The molecule has 0 N–H and O–H groups in total. The average molecular weight is 194 g/mol. The van der Waals surface area contributed by atoms with Crippen molar-refractivity contribution in [3.8, 4) is 0 Å². The van der Waals surface area contributed by atoms with Gasteiger partial charge in [0.2, 0.25) is 0 Å². The molecule has 0 saturated heterocycles. The van der Waals surface area contributed by atoms with E-state index in [0.29, 0.717) is 5.92 Å². The Morgan fingerprint density at radius 1 is 1.62 bits per heavy atom. The Balaban J connectivity index is 2.87. The van der Waals surface area contributed by atoms with Gasteiger partial charge >= 0.3 is 0 Å². The lowest BCUT2D eigenvalue weighted by atomic mass is 10.1. The van der Waals surface area contributed by atoms with Crippen molar-refractivity contribution in [3.05, 3.63) is 22.3 Å². The van der Waals surface area contributed by atoms with Crippen LogP contribution < -0.4 is 0 Å². The summed E-state index contributed by atoms with van der Waals surface area (Å²) in [6.07, 6.45) is 3.85. The molecule has 0 bridgehead atoms. The number of aliphatic imine (C=N–C) groups is 1. The van der Waals surface area contributed by atoms with Crippen LogP contribution in [-0.4, -0.2) is 11.2 Å². The van der Waals surface area contributed by atoms with Gasteiger partial charge in [-0.25, -0.2) is 4.98 Å². The molecule has 0 aliphatic rings. The third-order valence-electron chi connectivity index (χ3n) is 1.62. The lowest BCUT2D eigenvalue weighted by Crippen LogP contribution is -1.90. The second kappa shape index (κ2) is 4.92. The summed E-state index contributed by atoms with van der Waals surface area (Å²) < 4.78 is 0. The molecule has 0 saturated carbocycles. The summed E-state index contributed by atoms with van der Waals surface area (Å²) in [6.45, 7) is 6.19. The Kier molecular flexibility index (Phi) is 3.83. The van der Waals surface area contributed by atoms with E-state index in [2.05, 4.69) is 23.8 Å². The van der Waals surface area contributed by atoms with Gasteiger partial charge in [-0.1, -0.05) is 13.8 Å². The maximum absolute atomic E-state index is 4.30. The smallest absolute Gasteiger partial charge is 0.0798 e. The third-order valence-corrected chi connectivity index (χ3v) is 2.22. The molecule has 0 spiro atoms. The maximum Gasteiger partial charge on any atom is 0.0798 e. The van der Waals surface area contributed by atoms with E-state index in [9.17, 15) is 0 Å². The first-order valence-corrected chi connectivity index (χ1v) is 5.26. The van der Waals surface area contributed by atoms with Crippen LogP contribution in [-0.2, 0) is 0 Å². The summed E-state index contributed by atoms with van der Waals surface area (Å²) in [7, 11) is 0. The Morgan fingerprint density at radius 3 is 2.85 bits per heavy atom. The summed E-state index contributed by atoms with van der Waals surface area (Å²) in [4.78, 5) is 8.49. The fourth-order valence-electron chi connectivity index (χ4n) is 0.947. The van der Waals surface area contributed by atoms with E-state index < -0.39 is 0 Å². The molecule has 0 radical (unpaired) electrons. The van der Waals surface area contributed by atoms with Crippen LogP contribution >= 0.6 is 11.3 Å². The molecule has 1 aromatic heterocycles. The minimum absolute atomic E-state index is 0.442. The van der Waals surface area contributed by atoms with Crippen molar-refractivity contribution >= 4 is 23.6 Å². The fourth-order valence-corrected chi connectivity index (χ4v) is 1.46. The van der Waals surface area contributed by atoms with Crippen LogP contribution in [0.5, 0.6) is 0 Å². The monoisotopic (exact) mass is 194 g/mol. The number of thiazole rings is 1. The zero-order chi connectivity index (χ0) is 9.68. The van der Waals surface area contributed by atoms with E-state index in [1.165, 1.54) is 0 Å². The summed E-state index contributed by atoms with van der Waals surface area (Å²) in [5, 5.41) is 2.02. The molecule has 70 valence electrons. The topological polar surface area (TPSA) is 25.2 Å². The van der Waals surface area contributed by atoms with Crippen molar-refractivity contribution in [2.45, 2.75) is 20.8 Å². The van der Waals surface area contributed by atoms with Crippen LogP contribution in [0.4, 0.5) is 0 Å². The Morgan fingerprint density at radius 2 is 2.38 bits per heavy atom. The van der Waals surface area contributed by atoms with Gasteiger partial charge in [-0.15, -0.1) is 11.3 Å². The van der Waals surface area contributed by atoms with Crippen LogP contribution in [0.3, 0.4) is 0 Å². The highest BCUT2D eigenvalue weighted by Crippen LogP contribution is 2.15. The number of nitrogens with zero attached hydrogens (tertiary/aromatic N) is 2. The molecule has 0 aliphatic carbocycles. The van der Waals surface area contributed by atoms with Gasteiger partial charge in [0.15, 0.2) is 0 Å². The van der Waals surface area contributed by atoms with Crippen LogP contribution in [0, 0.1) is 5.92 Å². The van der Waals surface area contributed by atoms with Gasteiger partial charge in [0.05, 0.1) is 11.2 Å². The van der Waals surface area contributed by atoms with Crippen LogP contribution in [0.15, 0.2) is 21.6 Å². The Hall–Kier alpha value is -0.960. The normalized spacial score (nSPS) is 13.1. The lowest BCUT2D eigenvalue weighted by molar-refractivity contribution is 0.765. The van der Waals surface area contributed by atoms with E-state index in [4.69, 9.17) is 0 Å². The number of aromatic nitrogens is 1. The summed E-state index contributed by atoms with van der Waals surface area (Å²) in [5.41, 5.74) is 3.91. The quantitative estimate of drug-likeness (QED) is 0.678. The largest absolute Gasteiger partial charge is 0.266 e. The zero-order valence-corrected chi connectivity index (χ0v) is 9.01. The standard InChI is InChI=1S/C10H14N2S/c1-4-11-10(8(2)3)5-9-6-13-7-12-9/h4-8H,1-3H3/b10-5-,11-4-. The van der Waals surface area contributed by atoms with Gasteiger partial charge in [-0.3, -0.25) is 4.99 Å². The van der Waals surface area contributed by atoms with Crippen LogP contribution in [0.25, 0.3) is 6.08 Å². The molecule has 1 rings (SSSR count). The van der Waals surface area contributed by atoms with Gasteiger partial charge in [-0.05, 0) is 18.9 Å². The molecule has 13 heavy (non-hydrogen) atoms.